The minimum absolute atomic E-state index is 0.154. The summed E-state index contributed by atoms with van der Waals surface area (Å²) in [4.78, 5) is 25.0. The zero-order valence-electron chi connectivity index (χ0n) is 11.9. The zero-order valence-corrected chi connectivity index (χ0v) is 12.7. The fraction of sp³-hybridized carbons (Fsp3) is 0.154. The van der Waals surface area contributed by atoms with Gasteiger partial charge in [0, 0.05) is 23.1 Å². The number of benzene rings is 1. The number of aryl methyl sites for hydroxylation is 1. The lowest BCUT2D eigenvalue weighted by atomic mass is 10.2. The fourth-order valence-electron chi connectivity index (χ4n) is 1.58. The van der Waals surface area contributed by atoms with E-state index in [0.29, 0.717) is 5.13 Å². The van der Waals surface area contributed by atoms with Gasteiger partial charge >= 0.3 is 5.97 Å². The van der Waals surface area contributed by atoms with E-state index < -0.39 is 17.5 Å². The number of rotatable bonds is 7. The number of ether oxygens (including phenoxy) is 1. The Bertz CT molecular complexity index is 759. The minimum atomic E-state index is -1.15. The number of nitrogens with zero attached hydrogens (tertiary/aromatic N) is 3. The molecule has 120 valence electrons. The van der Waals surface area contributed by atoms with E-state index in [0.717, 1.165) is 5.69 Å². The second-order valence-electron chi connectivity index (χ2n) is 4.33. The molecule has 0 radical (unpaired) electrons. The summed E-state index contributed by atoms with van der Waals surface area (Å²) >= 11 is 1.36. The third-order valence-corrected chi connectivity index (χ3v) is 3.40. The molecule has 0 saturated heterocycles. The van der Waals surface area contributed by atoms with Crippen LogP contribution in [0.5, 0.6) is 5.75 Å². The van der Waals surface area contributed by atoms with Crippen LogP contribution in [-0.2, 0) is 4.79 Å². The maximum Gasteiger partial charge on any atom is 0.341 e. The number of nitrogens with one attached hydrogen (secondary N) is 1. The Kier molecular flexibility index (Phi) is 5.20. The first-order valence-corrected chi connectivity index (χ1v) is 7.18. The Morgan fingerprint density at radius 1 is 1.61 bits per heavy atom. The van der Waals surface area contributed by atoms with Gasteiger partial charge in [0.25, 0.3) is 5.69 Å². The van der Waals surface area contributed by atoms with E-state index in [2.05, 4.69) is 15.5 Å². The molecule has 0 fully saturated rings. The number of carboxylic acids is 1. The van der Waals surface area contributed by atoms with Crippen molar-refractivity contribution in [3.05, 3.63) is 45.0 Å². The average molecular weight is 336 g/mol. The first kappa shape index (κ1) is 16.4. The number of anilines is 1. The predicted octanol–water partition coefficient (Wildman–Crippen LogP) is 2.27. The minimum Gasteiger partial charge on any atom is -0.481 e. The van der Waals surface area contributed by atoms with Crippen molar-refractivity contribution >= 4 is 34.3 Å². The average Bonchev–Trinajstić information content (AvgIpc) is 2.91. The molecule has 2 aromatic rings. The van der Waals surface area contributed by atoms with Gasteiger partial charge in [-0.3, -0.25) is 15.5 Å². The summed E-state index contributed by atoms with van der Waals surface area (Å²) in [7, 11) is 0. The smallest absolute Gasteiger partial charge is 0.341 e. The maximum atomic E-state index is 10.8. The van der Waals surface area contributed by atoms with E-state index in [-0.39, 0.29) is 17.0 Å². The molecule has 0 aliphatic rings. The van der Waals surface area contributed by atoms with Gasteiger partial charge in [0.15, 0.2) is 6.61 Å². The quantitative estimate of drug-likeness (QED) is 0.451. The summed E-state index contributed by atoms with van der Waals surface area (Å²) in [5.41, 5.74) is 3.66. The Balaban J connectivity index is 2.19. The molecule has 1 aromatic carbocycles. The van der Waals surface area contributed by atoms with E-state index in [1.807, 2.05) is 12.3 Å². The Labute approximate surface area is 134 Å². The van der Waals surface area contributed by atoms with E-state index >= 15 is 0 Å². The third kappa shape index (κ3) is 4.74. The third-order valence-electron chi connectivity index (χ3n) is 2.54. The number of aliphatic carboxylic acids is 1. The van der Waals surface area contributed by atoms with Crippen LogP contribution in [-0.4, -0.2) is 33.8 Å². The van der Waals surface area contributed by atoms with Crippen molar-refractivity contribution in [3.8, 4) is 5.75 Å². The number of hydrazone groups is 1. The SMILES string of the molecule is Cc1csc(NN=Cc2cc([N+](=O)[O-])ccc2OCC(=O)O)n1. The Morgan fingerprint density at radius 3 is 3.00 bits per heavy atom. The number of carboxylic acid groups (broad SMARTS) is 1. The summed E-state index contributed by atoms with van der Waals surface area (Å²) < 4.78 is 5.09. The van der Waals surface area contributed by atoms with Crippen LogP contribution in [0.4, 0.5) is 10.8 Å². The van der Waals surface area contributed by atoms with E-state index in [1.54, 1.807) is 0 Å². The number of carbonyl (C=O) groups is 1. The highest BCUT2D eigenvalue weighted by molar-refractivity contribution is 7.13. The molecule has 2 rings (SSSR count). The van der Waals surface area contributed by atoms with Crippen LogP contribution >= 0.6 is 11.3 Å². The number of aromatic nitrogens is 1. The molecule has 0 saturated carbocycles. The fourth-order valence-corrected chi connectivity index (χ4v) is 2.22. The molecule has 0 bridgehead atoms. The van der Waals surface area contributed by atoms with Gasteiger partial charge in [-0.25, -0.2) is 9.78 Å². The predicted molar refractivity (Wildman–Crippen MR) is 84.3 cm³/mol. The largest absolute Gasteiger partial charge is 0.481 e. The highest BCUT2D eigenvalue weighted by Gasteiger charge is 2.11. The molecule has 9 nitrogen and oxygen atoms in total. The molecule has 0 spiro atoms. The molecule has 0 unspecified atom stereocenters. The molecule has 23 heavy (non-hydrogen) atoms. The van der Waals surface area contributed by atoms with Gasteiger partial charge < -0.3 is 9.84 Å². The van der Waals surface area contributed by atoms with Gasteiger partial charge in [0.2, 0.25) is 5.13 Å². The Hall–Kier alpha value is -3.01. The molecule has 0 atom stereocenters. The lowest BCUT2D eigenvalue weighted by molar-refractivity contribution is -0.384. The number of hydrogen-bond donors (Lipinski definition) is 2. The van der Waals surface area contributed by atoms with Crippen molar-refractivity contribution in [2.45, 2.75) is 6.92 Å². The molecule has 10 heteroatoms. The van der Waals surface area contributed by atoms with Gasteiger partial charge in [-0.1, -0.05) is 0 Å². The van der Waals surface area contributed by atoms with Gasteiger partial charge in [-0.2, -0.15) is 5.10 Å². The van der Waals surface area contributed by atoms with Crippen molar-refractivity contribution in [1.29, 1.82) is 0 Å². The highest BCUT2D eigenvalue weighted by atomic mass is 32.1. The standard InChI is InChI=1S/C13H12N4O5S/c1-8-7-23-13(15-8)16-14-5-9-4-10(17(20)21)2-3-11(9)22-6-12(18)19/h2-5,7H,6H2,1H3,(H,15,16)(H,18,19). The summed E-state index contributed by atoms with van der Waals surface area (Å²) in [5.74, 6) is -0.971. The highest BCUT2D eigenvalue weighted by Crippen LogP contribution is 2.23. The van der Waals surface area contributed by atoms with E-state index in [9.17, 15) is 14.9 Å². The second-order valence-corrected chi connectivity index (χ2v) is 5.18. The molecule has 1 heterocycles. The molecule has 0 aliphatic carbocycles. The summed E-state index contributed by atoms with van der Waals surface area (Å²) in [6.07, 6.45) is 1.31. The summed E-state index contributed by atoms with van der Waals surface area (Å²) in [5, 5.41) is 25.8. The van der Waals surface area contributed by atoms with Crippen LogP contribution in [0.15, 0.2) is 28.7 Å². The van der Waals surface area contributed by atoms with Gasteiger partial charge in [0.1, 0.15) is 5.75 Å². The van der Waals surface area contributed by atoms with Crippen LogP contribution in [0.3, 0.4) is 0 Å². The lowest BCUT2D eigenvalue weighted by Crippen LogP contribution is -2.10. The lowest BCUT2D eigenvalue weighted by Gasteiger charge is -2.06. The van der Waals surface area contributed by atoms with E-state index in [1.165, 1.54) is 35.8 Å². The first-order chi connectivity index (χ1) is 11.0. The van der Waals surface area contributed by atoms with Crippen LogP contribution in [0.2, 0.25) is 0 Å². The van der Waals surface area contributed by atoms with Crippen molar-refractivity contribution in [3.63, 3.8) is 0 Å². The molecular weight excluding hydrogens is 324 g/mol. The number of non-ortho nitro benzene ring substituents is 1. The second kappa shape index (κ2) is 7.31. The van der Waals surface area contributed by atoms with Crippen molar-refractivity contribution < 1.29 is 19.6 Å². The van der Waals surface area contributed by atoms with Gasteiger partial charge in [-0.05, 0) is 13.0 Å². The van der Waals surface area contributed by atoms with Gasteiger partial charge in [0.05, 0.1) is 16.8 Å². The molecule has 0 amide bonds. The van der Waals surface area contributed by atoms with Crippen LogP contribution in [0.1, 0.15) is 11.3 Å². The number of nitro benzene ring substituents is 1. The van der Waals surface area contributed by atoms with Crippen LogP contribution < -0.4 is 10.2 Å². The van der Waals surface area contributed by atoms with Crippen molar-refractivity contribution in [1.82, 2.24) is 4.98 Å². The molecule has 0 aliphatic heterocycles. The molecule has 1 aromatic heterocycles. The maximum absolute atomic E-state index is 10.8. The van der Waals surface area contributed by atoms with E-state index in [4.69, 9.17) is 9.84 Å². The number of thiazole rings is 1. The summed E-state index contributed by atoms with van der Waals surface area (Å²) in [6.45, 7) is 1.28. The normalized spacial score (nSPS) is 10.7. The van der Waals surface area contributed by atoms with Crippen molar-refractivity contribution in [2.24, 2.45) is 5.10 Å². The first-order valence-electron chi connectivity index (χ1n) is 6.30. The summed E-state index contributed by atoms with van der Waals surface area (Å²) in [6, 6.07) is 3.80. The van der Waals surface area contributed by atoms with Gasteiger partial charge in [-0.15, -0.1) is 11.3 Å². The molecule has 2 N–H and O–H groups in total. The monoisotopic (exact) mass is 336 g/mol. The van der Waals surface area contributed by atoms with Crippen LogP contribution in [0, 0.1) is 17.0 Å². The Morgan fingerprint density at radius 2 is 2.39 bits per heavy atom. The number of nitro groups is 1. The zero-order chi connectivity index (χ0) is 16.8. The molecular formula is C13H12N4O5S. The van der Waals surface area contributed by atoms with Crippen LogP contribution in [0.25, 0.3) is 0 Å². The topological polar surface area (TPSA) is 127 Å². The number of hydrogen-bond acceptors (Lipinski definition) is 8. The van der Waals surface area contributed by atoms with Crippen molar-refractivity contribution in [2.75, 3.05) is 12.0 Å².